The van der Waals surface area contributed by atoms with Gasteiger partial charge in [-0.1, -0.05) is 0 Å². The summed E-state index contributed by atoms with van der Waals surface area (Å²) in [5.74, 6) is -0.461. The molecule has 112 valence electrons. The molecule has 0 bridgehead atoms. The molecule has 2 rings (SSSR count). The van der Waals surface area contributed by atoms with Gasteiger partial charge in [0, 0.05) is 19.7 Å². The SMILES string of the molecule is CCO[C@H]1CN(C)C[C@@H]1NS(=O)(=O)c1ccc(F)cc1. The Morgan fingerprint density at radius 2 is 2.00 bits per heavy atom. The molecule has 1 aromatic rings. The van der Waals surface area contributed by atoms with Crippen molar-refractivity contribution in [3.05, 3.63) is 30.1 Å². The molecule has 2 atom stereocenters. The van der Waals surface area contributed by atoms with Crippen LogP contribution >= 0.6 is 0 Å². The number of hydrogen-bond donors (Lipinski definition) is 1. The number of nitrogens with one attached hydrogen (secondary N) is 1. The molecule has 20 heavy (non-hydrogen) atoms. The van der Waals surface area contributed by atoms with Crippen LogP contribution in [0, 0.1) is 5.82 Å². The minimum atomic E-state index is -3.66. The highest BCUT2D eigenvalue weighted by atomic mass is 32.2. The molecule has 5 nitrogen and oxygen atoms in total. The van der Waals surface area contributed by atoms with E-state index in [2.05, 4.69) is 4.72 Å². The minimum absolute atomic E-state index is 0.0590. The Morgan fingerprint density at radius 3 is 2.60 bits per heavy atom. The summed E-state index contributed by atoms with van der Waals surface area (Å²) in [6.45, 7) is 3.69. The van der Waals surface area contributed by atoms with Gasteiger partial charge in [-0.2, -0.15) is 0 Å². The van der Waals surface area contributed by atoms with Gasteiger partial charge in [-0.15, -0.1) is 0 Å². The number of hydrogen-bond acceptors (Lipinski definition) is 4. The third kappa shape index (κ3) is 3.54. The lowest BCUT2D eigenvalue weighted by Gasteiger charge is -2.19. The first-order valence-corrected chi connectivity index (χ1v) is 7.98. The maximum Gasteiger partial charge on any atom is 0.240 e. The maximum absolute atomic E-state index is 12.9. The summed E-state index contributed by atoms with van der Waals surface area (Å²) >= 11 is 0. The van der Waals surface area contributed by atoms with Crippen molar-refractivity contribution >= 4 is 10.0 Å². The highest BCUT2D eigenvalue weighted by Gasteiger charge is 2.34. The normalized spacial score (nSPS) is 24.1. The van der Waals surface area contributed by atoms with Gasteiger partial charge in [0.1, 0.15) is 5.82 Å². The summed E-state index contributed by atoms with van der Waals surface area (Å²) in [6.07, 6.45) is -0.166. The lowest BCUT2D eigenvalue weighted by Crippen LogP contribution is -2.43. The summed E-state index contributed by atoms with van der Waals surface area (Å²) in [5.41, 5.74) is 0. The molecule has 0 aromatic heterocycles. The molecule has 0 unspecified atom stereocenters. The van der Waals surface area contributed by atoms with Crippen molar-refractivity contribution in [3.63, 3.8) is 0 Å². The number of likely N-dealkylation sites (tertiary alicyclic amines) is 1. The van der Waals surface area contributed by atoms with Gasteiger partial charge in [0.15, 0.2) is 0 Å². The maximum atomic E-state index is 12.9. The van der Waals surface area contributed by atoms with Crippen molar-refractivity contribution in [2.75, 3.05) is 26.7 Å². The van der Waals surface area contributed by atoms with E-state index in [-0.39, 0.29) is 17.0 Å². The van der Waals surface area contributed by atoms with Crippen molar-refractivity contribution < 1.29 is 17.5 Å². The van der Waals surface area contributed by atoms with E-state index < -0.39 is 15.8 Å². The van der Waals surface area contributed by atoms with Crippen LogP contribution in [0.1, 0.15) is 6.92 Å². The Bertz CT molecular complexity index is 547. The first-order chi connectivity index (χ1) is 9.42. The summed E-state index contributed by atoms with van der Waals surface area (Å²) < 4.78 is 45.5. The zero-order valence-corrected chi connectivity index (χ0v) is 12.4. The van der Waals surface area contributed by atoms with Crippen molar-refractivity contribution in [2.24, 2.45) is 0 Å². The number of halogens is 1. The van der Waals surface area contributed by atoms with Crippen LogP contribution in [-0.2, 0) is 14.8 Å². The molecular weight excluding hydrogens is 283 g/mol. The third-order valence-electron chi connectivity index (χ3n) is 3.26. The smallest absolute Gasteiger partial charge is 0.240 e. The molecule has 1 aromatic carbocycles. The predicted octanol–water partition coefficient (Wildman–Crippen LogP) is 0.823. The molecule has 0 spiro atoms. The monoisotopic (exact) mass is 302 g/mol. The molecule has 1 fully saturated rings. The Kier molecular flexibility index (Phi) is 4.74. The molecule has 1 saturated heterocycles. The zero-order valence-electron chi connectivity index (χ0n) is 11.5. The van der Waals surface area contributed by atoms with Crippen LogP contribution in [0.4, 0.5) is 4.39 Å². The third-order valence-corrected chi connectivity index (χ3v) is 4.77. The quantitative estimate of drug-likeness (QED) is 0.875. The van der Waals surface area contributed by atoms with Crippen molar-refractivity contribution in [1.82, 2.24) is 9.62 Å². The average Bonchev–Trinajstić information content (AvgIpc) is 2.70. The summed E-state index contributed by atoms with van der Waals surface area (Å²) in [5, 5.41) is 0. The number of likely N-dealkylation sites (N-methyl/N-ethyl adjacent to an activating group) is 1. The van der Waals surface area contributed by atoms with E-state index >= 15 is 0 Å². The molecule has 0 amide bonds. The van der Waals surface area contributed by atoms with Gasteiger partial charge in [-0.3, -0.25) is 0 Å². The second-order valence-corrected chi connectivity index (χ2v) is 6.61. The van der Waals surface area contributed by atoms with Gasteiger partial charge in [-0.05, 0) is 38.2 Å². The predicted molar refractivity (Wildman–Crippen MR) is 73.4 cm³/mol. The number of benzene rings is 1. The van der Waals surface area contributed by atoms with Crippen molar-refractivity contribution in [3.8, 4) is 0 Å². The molecular formula is C13H19FN2O3S. The minimum Gasteiger partial charge on any atom is -0.375 e. The Balaban J connectivity index is 2.13. The van der Waals surface area contributed by atoms with Gasteiger partial charge in [0.25, 0.3) is 0 Å². The summed E-state index contributed by atoms with van der Waals surface area (Å²) in [4.78, 5) is 2.07. The van der Waals surface area contributed by atoms with Crippen LogP contribution in [0.25, 0.3) is 0 Å². The van der Waals surface area contributed by atoms with Crippen molar-refractivity contribution in [2.45, 2.75) is 24.0 Å². The average molecular weight is 302 g/mol. The van der Waals surface area contributed by atoms with Crippen LogP contribution in [0.3, 0.4) is 0 Å². The second kappa shape index (κ2) is 6.17. The van der Waals surface area contributed by atoms with Crippen LogP contribution in [0.15, 0.2) is 29.2 Å². The van der Waals surface area contributed by atoms with E-state index in [0.717, 1.165) is 12.1 Å². The molecule has 1 heterocycles. The molecule has 1 N–H and O–H groups in total. The van der Waals surface area contributed by atoms with E-state index in [1.54, 1.807) is 0 Å². The fourth-order valence-electron chi connectivity index (χ4n) is 2.34. The van der Waals surface area contributed by atoms with E-state index in [1.807, 2.05) is 18.9 Å². The zero-order chi connectivity index (χ0) is 14.8. The number of sulfonamides is 1. The van der Waals surface area contributed by atoms with E-state index in [0.29, 0.717) is 19.7 Å². The number of rotatable bonds is 5. The first kappa shape index (κ1) is 15.4. The summed E-state index contributed by atoms with van der Waals surface area (Å²) in [7, 11) is -1.74. The second-order valence-electron chi connectivity index (χ2n) is 4.90. The highest BCUT2D eigenvalue weighted by molar-refractivity contribution is 7.89. The molecule has 0 saturated carbocycles. The van der Waals surface area contributed by atoms with E-state index in [1.165, 1.54) is 12.1 Å². The molecule has 7 heteroatoms. The number of nitrogens with zero attached hydrogens (tertiary/aromatic N) is 1. The van der Waals surface area contributed by atoms with Gasteiger partial charge < -0.3 is 9.64 Å². The molecule has 0 aliphatic carbocycles. The van der Waals surface area contributed by atoms with Crippen molar-refractivity contribution in [1.29, 1.82) is 0 Å². The molecule has 1 aliphatic heterocycles. The highest BCUT2D eigenvalue weighted by Crippen LogP contribution is 2.16. The summed E-state index contributed by atoms with van der Waals surface area (Å²) in [6, 6.07) is 4.48. The largest absolute Gasteiger partial charge is 0.375 e. The topological polar surface area (TPSA) is 58.6 Å². The van der Waals surface area contributed by atoms with Gasteiger partial charge >= 0.3 is 0 Å². The lowest BCUT2D eigenvalue weighted by molar-refractivity contribution is 0.0589. The fraction of sp³-hybridized carbons (Fsp3) is 0.538. The Hall–Kier alpha value is -1.02. The molecule has 1 aliphatic rings. The van der Waals surface area contributed by atoms with Crippen LogP contribution in [0.2, 0.25) is 0 Å². The Labute approximate surface area is 118 Å². The van der Waals surface area contributed by atoms with Gasteiger partial charge in [-0.25, -0.2) is 17.5 Å². The van der Waals surface area contributed by atoms with E-state index in [9.17, 15) is 12.8 Å². The van der Waals surface area contributed by atoms with Gasteiger partial charge in [0.05, 0.1) is 17.0 Å². The lowest BCUT2D eigenvalue weighted by atomic mass is 10.2. The standard InChI is InChI=1S/C13H19FN2O3S/c1-3-19-13-9-16(2)8-12(13)15-20(17,18)11-6-4-10(14)5-7-11/h4-7,12-13,15H,3,8-9H2,1-2H3/t12-,13-/m0/s1. The van der Waals surface area contributed by atoms with Gasteiger partial charge in [0.2, 0.25) is 10.0 Å². The fourth-order valence-corrected chi connectivity index (χ4v) is 3.59. The van der Waals surface area contributed by atoms with Crippen LogP contribution in [0.5, 0.6) is 0 Å². The first-order valence-electron chi connectivity index (χ1n) is 6.50. The molecule has 0 radical (unpaired) electrons. The Morgan fingerprint density at radius 1 is 1.35 bits per heavy atom. The van der Waals surface area contributed by atoms with Crippen LogP contribution in [-0.4, -0.2) is 52.2 Å². The number of ether oxygens (including phenoxy) is 1. The van der Waals surface area contributed by atoms with E-state index in [4.69, 9.17) is 4.74 Å². The van der Waals surface area contributed by atoms with Crippen LogP contribution < -0.4 is 4.72 Å².